The number of anilines is 1. The van der Waals surface area contributed by atoms with Gasteiger partial charge in [0, 0.05) is 10.6 Å². The summed E-state index contributed by atoms with van der Waals surface area (Å²) in [4.78, 5) is 11.7. The Morgan fingerprint density at radius 2 is 2.04 bits per heavy atom. The number of hydrogen-bond acceptors (Lipinski definition) is 4. The van der Waals surface area contributed by atoms with E-state index in [1.807, 2.05) is 19.1 Å². The van der Waals surface area contributed by atoms with Gasteiger partial charge in [0.2, 0.25) is 0 Å². The predicted molar refractivity (Wildman–Crippen MR) is 99.5 cm³/mol. The first-order chi connectivity index (χ1) is 11.5. The number of thioether (sulfide) groups is 1. The molecule has 0 atom stereocenters. The van der Waals surface area contributed by atoms with Crippen LogP contribution in [0.2, 0.25) is 5.02 Å². The Kier molecular flexibility index (Phi) is 6.54. The molecule has 0 aliphatic heterocycles. The van der Waals surface area contributed by atoms with Crippen LogP contribution in [-0.4, -0.2) is 16.7 Å². The van der Waals surface area contributed by atoms with Gasteiger partial charge < -0.3 is 4.74 Å². The number of amides is 1. The lowest BCUT2D eigenvalue weighted by atomic mass is 10.1. The second-order valence-corrected chi connectivity index (χ2v) is 6.49. The Labute approximate surface area is 151 Å². The molecule has 1 amide bonds. The van der Waals surface area contributed by atoms with Gasteiger partial charge in [-0.05, 0) is 48.9 Å². The van der Waals surface area contributed by atoms with Crippen molar-refractivity contribution in [3.8, 4) is 5.75 Å². The number of hydroxylamine groups is 1. The van der Waals surface area contributed by atoms with Crippen molar-refractivity contribution in [2.24, 2.45) is 0 Å². The number of nitrogens with zero attached hydrogens (tertiary/aromatic N) is 1. The molecule has 0 unspecified atom stereocenters. The van der Waals surface area contributed by atoms with Gasteiger partial charge in [0.05, 0.1) is 5.69 Å². The number of benzene rings is 2. The number of halogens is 1. The molecule has 0 bridgehead atoms. The number of hydrogen-bond donors (Lipinski definition) is 1. The number of rotatable bonds is 5. The van der Waals surface area contributed by atoms with Crippen molar-refractivity contribution in [1.82, 2.24) is 0 Å². The zero-order valence-corrected chi connectivity index (χ0v) is 15.4. The number of carbonyl (C=O) groups excluding carboxylic acids is 1. The van der Waals surface area contributed by atoms with Gasteiger partial charge in [0.15, 0.2) is 0 Å². The maximum atomic E-state index is 11.7. The third-order valence-electron chi connectivity index (χ3n) is 3.65. The zero-order chi connectivity index (χ0) is 17.7. The van der Waals surface area contributed by atoms with E-state index < -0.39 is 5.24 Å². The molecule has 0 heterocycles. The zero-order valence-electron chi connectivity index (χ0n) is 13.9. The average Bonchev–Trinajstić information content (AvgIpc) is 2.59. The summed E-state index contributed by atoms with van der Waals surface area (Å²) in [7, 11) is 0. The van der Waals surface area contributed by atoms with E-state index in [0.29, 0.717) is 21.3 Å². The summed E-state index contributed by atoms with van der Waals surface area (Å²) < 4.78 is 5.87. The first-order valence-electron chi connectivity index (χ1n) is 7.54. The molecule has 0 aliphatic rings. The first kappa shape index (κ1) is 18.6. The molecule has 0 aromatic heterocycles. The number of aryl methyl sites for hydroxylation is 2. The molecule has 0 radical (unpaired) electrons. The Bertz CT molecular complexity index is 736. The van der Waals surface area contributed by atoms with E-state index >= 15 is 0 Å². The fourth-order valence-electron chi connectivity index (χ4n) is 2.29. The van der Waals surface area contributed by atoms with E-state index in [-0.39, 0.29) is 6.61 Å². The number of carbonyl (C=O) groups is 1. The highest BCUT2D eigenvalue weighted by molar-refractivity contribution is 8.13. The number of ether oxygens (including phenoxy) is 1. The van der Waals surface area contributed by atoms with E-state index in [4.69, 9.17) is 16.3 Å². The summed E-state index contributed by atoms with van der Waals surface area (Å²) >= 11 is 6.90. The summed E-state index contributed by atoms with van der Waals surface area (Å²) in [5.74, 6) is 0.772. The monoisotopic (exact) mass is 365 g/mol. The summed E-state index contributed by atoms with van der Waals surface area (Å²) in [6.07, 6.45) is 2.57. The van der Waals surface area contributed by atoms with Crippen LogP contribution in [0.25, 0.3) is 0 Å². The lowest BCUT2D eigenvalue weighted by molar-refractivity contribution is 0.223. The van der Waals surface area contributed by atoms with E-state index in [2.05, 4.69) is 13.0 Å². The van der Waals surface area contributed by atoms with Crippen LogP contribution in [0.15, 0.2) is 36.4 Å². The van der Waals surface area contributed by atoms with Crippen LogP contribution in [0.3, 0.4) is 0 Å². The minimum absolute atomic E-state index is 0.220. The average molecular weight is 366 g/mol. The van der Waals surface area contributed by atoms with Gasteiger partial charge in [-0.25, -0.2) is 0 Å². The fraction of sp³-hybridized carbons (Fsp3) is 0.278. The van der Waals surface area contributed by atoms with Gasteiger partial charge in [-0.2, -0.15) is 5.06 Å². The van der Waals surface area contributed by atoms with Gasteiger partial charge in [-0.3, -0.25) is 10.0 Å². The minimum atomic E-state index is -0.484. The van der Waals surface area contributed by atoms with Crippen LogP contribution in [0.4, 0.5) is 10.5 Å². The quantitative estimate of drug-likeness (QED) is 0.564. The SMILES string of the molecule is CCc1ccc(OCc2ccc(Cl)cc2N(O)C(=O)SC)c(C)c1. The summed E-state index contributed by atoms with van der Waals surface area (Å²) in [6.45, 7) is 4.32. The van der Waals surface area contributed by atoms with Gasteiger partial charge in [0.1, 0.15) is 12.4 Å². The molecule has 2 aromatic carbocycles. The third kappa shape index (κ3) is 4.44. The van der Waals surface area contributed by atoms with Crippen molar-refractivity contribution in [2.75, 3.05) is 11.3 Å². The molecule has 0 aliphatic carbocycles. The molecule has 6 heteroatoms. The van der Waals surface area contributed by atoms with Crippen LogP contribution < -0.4 is 9.80 Å². The highest BCUT2D eigenvalue weighted by atomic mass is 35.5. The molecule has 0 spiro atoms. The predicted octanol–water partition coefficient (Wildman–Crippen LogP) is 5.47. The molecular weight excluding hydrogens is 346 g/mol. The molecule has 2 aromatic rings. The second-order valence-electron chi connectivity index (χ2n) is 5.30. The molecule has 1 N–H and O–H groups in total. The van der Waals surface area contributed by atoms with E-state index in [0.717, 1.165) is 29.5 Å². The molecular formula is C18H20ClNO3S. The molecule has 0 fully saturated rings. The van der Waals surface area contributed by atoms with Gasteiger partial charge >= 0.3 is 5.24 Å². The molecule has 128 valence electrons. The Balaban J connectivity index is 2.22. The normalized spacial score (nSPS) is 10.5. The summed E-state index contributed by atoms with van der Waals surface area (Å²) in [6, 6.07) is 11.0. The van der Waals surface area contributed by atoms with Crippen molar-refractivity contribution in [3.05, 3.63) is 58.1 Å². The second kappa shape index (κ2) is 8.42. The smallest absolute Gasteiger partial charge is 0.309 e. The highest BCUT2D eigenvalue weighted by Gasteiger charge is 2.17. The van der Waals surface area contributed by atoms with E-state index in [1.165, 1.54) is 5.56 Å². The van der Waals surface area contributed by atoms with Crippen LogP contribution in [0.1, 0.15) is 23.6 Å². The summed E-state index contributed by atoms with van der Waals surface area (Å²) in [5, 5.41) is 10.6. The molecule has 0 saturated carbocycles. The van der Waals surface area contributed by atoms with Crippen LogP contribution in [0, 0.1) is 6.92 Å². The Morgan fingerprint density at radius 1 is 1.29 bits per heavy atom. The van der Waals surface area contributed by atoms with Crippen LogP contribution in [-0.2, 0) is 13.0 Å². The lowest BCUT2D eigenvalue weighted by Crippen LogP contribution is -2.24. The Hall–Kier alpha value is -1.69. The van der Waals surface area contributed by atoms with E-state index in [9.17, 15) is 10.0 Å². The van der Waals surface area contributed by atoms with Crippen LogP contribution in [0.5, 0.6) is 5.75 Å². The van der Waals surface area contributed by atoms with Gasteiger partial charge in [-0.1, -0.05) is 48.5 Å². The molecule has 0 saturated heterocycles. The third-order valence-corrected chi connectivity index (χ3v) is 4.41. The standard InChI is InChI=1S/C18H20ClNO3S/c1-4-13-5-8-17(12(2)9-13)23-11-14-6-7-15(19)10-16(14)20(22)18(21)24-3/h5-10,22H,4,11H2,1-3H3. The maximum Gasteiger partial charge on any atom is 0.309 e. The van der Waals surface area contributed by atoms with Crippen molar-refractivity contribution >= 4 is 34.3 Å². The summed E-state index contributed by atoms with van der Waals surface area (Å²) in [5.41, 5.74) is 3.29. The van der Waals surface area contributed by atoms with Crippen LogP contribution >= 0.6 is 23.4 Å². The van der Waals surface area contributed by atoms with Gasteiger partial charge in [-0.15, -0.1) is 0 Å². The minimum Gasteiger partial charge on any atom is -0.489 e. The van der Waals surface area contributed by atoms with E-state index in [1.54, 1.807) is 24.5 Å². The maximum absolute atomic E-state index is 11.7. The topological polar surface area (TPSA) is 49.8 Å². The fourth-order valence-corrected chi connectivity index (χ4v) is 2.73. The molecule has 4 nitrogen and oxygen atoms in total. The highest BCUT2D eigenvalue weighted by Crippen LogP contribution is 2.28. The Morgan fingerprint density at radius 3 is 2.67 bits per heavy atom. The first-order valence-corrected chi connectivity index (χ1v) is 9.14. The van der Waals surface area contributed by atoms with Crippen molar-refractivity contribution in [3.63, 3.8) is 0 Å². The van der Waals surface area contributed by atoms with Crippen molar-refractivity contribution < 1.29 is 14.7 Å². The largest absolute Gasteiger partial charge is 0.489 e. The lowest BCUT2D eigenvalue weighted by Gasteiger charge is -2.18. The van der Waals surface area contributed by atoms with Gasteiger partial charge in [0.25, 0.3) is 0 Å². The molecule has 2 rings (SSSR count). The molecule has 24 heavy (non-hydrogen) atoms. The van der Waals surface area contributed by atoms with Crippen molar-refractivity contribution in [2.45, 2.75) is 26.9 Å². The van der Waals surface area contributed by atoms with Crippen molar-refractivity contribution in [1.29, 1.82) is 0 Å².